The monoisotopic (exact) mass is 280 g/mol. The number of aromatic nitrogens is 1. The van der Waals surface area contributed by atoms with Gasteiger partial charge in [-0.25, -0.2) is 9.78 Å². The zero-order valence-electron chi connectivity index (χ0n) is 11.8. The van der Waals surface area contributed by atoms with Gasteiger partial charge in [-0.05, 0) is 19.9 Å². The smallest absolute Gasteiger partial charge is 0.339 e. The van der Waals surface area contributed by atoms with Gasteiger partial charge in [0.2, 0.25) is 5.88 Å². The number of hydrogen-bond donors (Lipinski definition) is 1. The summed E-state index contributed by atoms with van der Waals surface area (Å²) in [5, 5.41) is 3.27. The number of ether oxygens (including phenoxy) is 3. The van der Waals surface area contributed by atoms with E-state index < -0.39 is 0 Å². The fourth-order valence-electron chi connectivity index (χ4n) is 1.95. The highest BCUT2D eigenvalue weighted by molar-refractivity contribution is 5.89. The molecule has 0 radical (unpaired) electrons. The van der Waals surface area contributed by atoms with Crippen molar-refractivity contribution in [2.45, 2.75) is 26.1 Å². The minimum atomic E-state index is -0.375. The molecule has 6 heteroatoms. The second-order valence-corrected chi connectivity index (χ2v) is 4.64. The van der Waals surface area contributed by atoms with E-state index in [-0.39, 0.29) is 18.2 Å². The Balaban J connectivity index is 1.83. The summed E-state index contributed by atoms with van der Waals surface area (Å²) in [6.07, 6.45) is 1.66. The first-order chi connectivity index (χ1) is 9.69. The highest BCUT2D eigenvalue weighted by atomic mass is 16.5. The molecule has 0 spiro atoms. The normalized spacial score (nSPS) is 22.3. The summed E-state index contributed by atoms with van der Waals surface area (Å²) in [5.74, 6) is 0.0973. The molecular formula is C14H20N2O4. The molecule has 1 N–H and O–H groups in total. The Morgan fingerprint density at radius 2 is 2.35 bits per heavy atom. The molecule has 0 bridgehead atoms. The second-order valence-electron chi connectivity index (χ2n) is 4.64. The molecule has 1 aromatic rings. The van der Waals surface area contributed by atoms with E-state index in [0.29, 0.717) is 24.7 Å². The second kappa shape index (κ2) is 7.21. The van der Waals surface area contributed by atoms with Crippen LogP contribution in [0, 0.1) is 0 Å². The van der Waals surface area contributed by atoms with Crippen molar-refractivity contribution in [2.24, 2.45) is 0 Å². The van der Waals surface area contributed by atoms with Gasteiger partial charge in [-0.15, -0.1) is 0 Å². The van der Waals surface area contributed by atoms with Crippen LogP contribution in [0.4, 0.5) is 0 Å². The van der Waals surface area contributed by atoms with Crippen molar-refractivity contribution in [1.29, 1.82) is 0 Å². The van der Waals surface area contributed by atoms with Crippen LogP contribution < -0.4 is 10.1 Å². The van der Waals surface area contributed by atoms with Crippen LogP contribution in [0.15, 0.2) is 18.3 Å². The molecule has 1 saturated heterocycles. The third-order valence-electron chi connectivity index (χ3n) is 2.89. The molecule has 2 unspecified atom stereocenters. The summed E-state index contributed by atoms with van der Waals surface area (Å²) < 4.78 is 16.2. The van der Waals surface area contributed by atoms with Gasteiger partial charge in [-0.3, -0.25) is 0 Å². The number of esters is 1. The van der Waals surface area contributed by atoms with Crippen molar-refractivity contribution in [3.8, 4) is 5.88 Å². The van der Waals surface area contributed by atoms with Gasteiger partial charge in [0, 0.05) is 25.4 Å². The zero-order valence-corrected chi connectivity index (χ0v) is 11.8. The van der Waals surface area contributed by atoms with E-state index in [9.17, 15) is 4.79 Å². The van der Waals surface area contributed by atoms with Crippen molar-refractivity contribution in [3.63, 3.8) is 0 Å². The van der Waals surface area contributed by atoms with Gasteiger partial charge in [0.1, 0.15) is 12.7 Å². The molecule has 0 aliphatic carbocycles. The topological polar surface area (TPSA) is 69.7 Å². The van der Waals surface area contributed by atoms with Crippen molar-refractivity contribution >= 4 is 5.97 Å². The minimum Gasteiger partial charge on any atom is -0.475 e. The Kier molecular flexibility index (Phi) is 5.31. The van der Waals surface area contributed by atoms with Crippen LogP contribution in [0.1, 0.15) is 24.2 Å². The first kappa shape index (κ1) is 14.7. The number of nitrogens with zero attached hydrogens (tertiary/aromatic N) is 1. The van der Waals surface area contributed by atoms with Gasteiger partial charge in [0.15, 0.2) is 0 Å². The highest BCUT2D eigenvalue weighted by Gasteiger charge is 2.19. The van der Waals surface area contributed by atoms with Crippen LogP contribution in [-0.4, -0.2) is 49.5 Å². The van der Waals surface area contributed by atoms with E-state index in [1.165, 1.54) is 6.20 Å². The molecular weight excluding hydrogens is 260 g/mol. The molecule has 2 rings (SSSR count). The minimum absolute atomic E-state index is 0.0188. The van der Waals surface area contributed by atoms with E-state index in [2.05, 4.69) is 10.3 Å². The molecule has 20 heavy (non-hydrogen) atoms. The van der Waals surface area contributed by atoms with Crippen LogP contribution in [0.2, 0.25) is 0 Å². The van der Waals surface area contributed by atoms with Gasteiger partial charge >= 0.3 is 5.97 Å². The molecule has 0 saturated carbocycles. The van der Waals surface area contributed by atoms with Crippen LogP contribution in [0.5, 0.6) is 5.88 Å². The summed E-state index contributed by atoms with van der Waals surface area (Å²) in [4.78, 5) is 15.6. The van der Waals surface area contributed by atoms with Gasteiger partial charge in [0.25, 0.3) is 0 Å². The van der Waals surface area contributed by atoms with E-state index >= 15 is 0 Å². The molecule has 2 heterocycles. The van der Waals surface area contributed by atoms with Gasteiger partial charge < -0.3 is 19.5 Å². The Morgan fingerprint density at radius 3 is 3.00 bits per heavy atom. The summed E-state index contributed by atoms with van der Waals surface area (Å²) in [6.45, 7) is 6.20. The van der Waals surface area contributed by atoms with Crippen molar-refractivity contribution in [2.75, 3.05) is 26.3 Å². The quantitative estimate of drug-likeness (QED) is 0.812. The molecule has 0 amide bonds. The predicted octanol–water partition coefficient (Wildman–Crippen LogP) is 1.01. The number of morpholine rings is 1. The largest absolute Gasteiger partial charge is 0.475 e. The van der Waals surface area contributed by atoms with Gasteiger partial charge in [-0.1, -0.05) is 0 Å². The van der Waals surface area contributed by atoms with Crippen molar-refractivity contribution in [3.05, 3.63) is 23.9 Å². The molecule has 1 aromatic heterocycles. The van der Waals surface area contributed by atoms with Gasteiger partial charge in [-0.2, -0.15) is 0 Å². The molecule has 6 nitrogen and oxygen atoms in total. The lowest BCUT2D eigenvalue weighted by Crippen LogP contribution is -2.45. The molecule has 1 aliphatic heterocycles. The highest BCUT2D eigenvalue weighted by Crippen LogP contribution is 2.11. The van der Waals surface area contributed by atoms with E-state index in [4.69, 9.17) is 14.2 Å². The first-order valence-corrected chi connectivity index (χ1v) is 6.81. The van der Waals surface area contributed by atoms with Gasteiger partial charge in [0.05, 0.1) is 18.3 Å². The van der Waals surface area contributed by atoms with Crippen LogP contribution >= 0.6 is 0 Å². The maximum absolute atomic E-state index is 11.5. The molecule has 110 valence electrons. The summed E-state index contributed by atoms with van der Waals surface area (Å²) >= 11 is 0. The van der Waals surface area contributed by atoms with Crippen LogP contribution in [0.3, 0.4) is 0 Å². The lowest BCUT2D eigenvalue weighted by atomic mass is 10.2. The zero-order chi connectivity index (χ0) is 14.4. The van der Waals surface area contributed by atoms with Crippen LogP contribution in [0.25, 0.3) is 0 Å². The number of hydrogen-bond acceptors (Lipinski definition) is 6. The average molecular weight is 280 g/mol. The van der Waals surface area contributed by atoms with Crippen molar-refractivity contribution < 1.29 is 19.0 Å². The third kappa shape index (κ3) is 4.18. The Labute approximate surface area is 118 Å². The first-order valence-electron chi connectivity index (χ1n) is 6.81. The molecule has 0 aromatic carbocycles. The Morgan fingerprint density at radius 1 is 1.50 bits per heavy atom. The van der Waals surface area contributed by atoms with Crippen LogP contribution in [-0.2, 0) is 9.47 Å². The average Bonchev–Trinajstić information content (AvgIpc) is 2.46. The standard InChI is InChI=1S/C14H20N2O4/c1-3-18-14(17)11-4-5-13(16-7-11)19-9-12-8-15-6-10(2)20-12/h4-5,7,10,12,15H,3,6,8-9H2,1-2H3. The van der Waals surface area contributed by atoms with Crippen molar-refractivity contribution in [1.82, 2.24) is 10.3 Å². The number of carbonyl (C=O) groups is 1. The lowest BCUT2D eigenvalue weighted by Gasteiger charge is -2.28. The Bertz CT molecular complexity index is 435. The maximum atomic E-state index is 11.5. The molecule has 1 aliphatic rings. The summed E-state index contributed by atoms with van der Waals surface area (Å²) in [5.41, 5.74) is 0.420. The summed E-state index contributed by atoms with van der Waals surface area (Å²) in [6, 6.07) is 3.30. The van der Waals surface area contributed by atoms with E-state index in [1.807, 2.05) is 6.92 Å². The number of carbonyl (C=O) groups excluding carboxylic acids is 1. The van der Waals surface area contributed by atoms with E-state index in [1.54, 1.807) is 19.1 Å². The molecule has 1 fully saturated rings. The number of nitrogens with one attached hydrogen (secondary N) is 1. The molecule has 2 atom stereocenters. The van der Waals surface area contributed by atoms with E-state index in [0.717, 1.165) is 13.1 Å². The number of pyridine rings is 1. The fraction of sp³-hybridized carbons (Fsp3) is 0.571. The lowest BCUT2D eigenvalue weighted by molar-refractivity contribution is -0.0476. The maximum Gasteiger partial charge on any atom is 0.339 e. The predicted molar refractivity (Wildman–Crippen MR) is 72.9 cm³/mol. The summed E-state index contributed by atoms with van der Waals surface area (Å²) in [7, 11) is 0. The Hall–Kier alpha value is -1.66. The third-order valence-corrected chi connectivity index (χ3v) is 2.89. The SMILES string of the molecule is CCOC(=O)c1ccc(OCC2CNCC(C)O2)nc1. The fourth-order valence-corrected chi connectivity index (χ4v) is 1.95. The number of rotatable bonds is 5.